The molecule has 106 valence electrons. The third-order valence-electron chi connectivity index (χ3n) is 4.29. The lowest BCUT2D eigenvalue weighted by Gasteiger charge is -2.22. The second-order valence-electron chi connectivity index (χ2n) is 5.50. The summed E-state index contributed by atoms with van der Waals surface area (Å²) in [5, 5.41) is 9.73. The van der Waals surface area contributed by atoms with Crippen LogP contribution >= 0.6 is 0 Å². The molecule has 2 aromatic carbocycles. The summed E-state index contributed by atoms with van der Waals surface area (Å²) in [6.45, 7) is 0. The Morgan fingerprint density at radius 3 is 2.81 bits per heavy atom. The van der Waals surface area contributed by atoms with E-state index in [1.165, 1.54) is 18.7 Å². The molecule has 1 atom stereocenters. The number of hydrogen-bond acceptors (Lipinski definition) is 2. The molecule has 2 aromatic rings. The van der Waals surface area contributed by atoms with Crippen molar-refractivity contribution in [1.82, 2.24) is 0 Å². The zero-order valence-corrected chi connectivity index (χ0v) is 11.9. The van der Waals surface area contributed by atoms with Crippen molar-refractivity contribution in [3.05, 3.63) is 65.0 Å². The first kappa shape index (κ1) is 13.6. The van der Waals surface area contributed by atoms with Gasteiger partial charge in [-0.3, -0.25) is 0 Å². The van der Waals surface area contributed by atoms with Gasteiger partial charge in [-0.05, 0) is 48.1 Å². The van der Waals surface area contributed by atoms with Gasteiger partial charge in [0.15, 0.2) is 11.6 Å². The predicted molar refractivity (Wildman–Crippen MR) is 78.7 cm³/mol. The van der Waals surface area contributed by atoms with E-state index in [1.54, 1.807) is 6.07 Å². The molecule has 0 spiro atoms. The van der Waals surface area contributed by atoms with Crippen LogP contribution in [0.1, 0.15) is 23.1 Å². The van der Waals surface area contributed by atoms with Gasteiger partial charge in [0, 0.05) is 0 Å². The van der Waals surface area contributed by atoms with Gasteiger partial charge in [0.05, 0.1) is 18.6 Å². The highest BCUT2D eigenvalue weighted by molar-refractivity contribution is 5.46. The van der Waals surface area contributed by atoms with E-state index in [9.17, 15) is 9.65 Å². The molecule has 21 heavy (non-hydrogen) atoms. The van der Waals surface area contributed by atoms with Crippen molar-refractivity contribution in [3.63, 3.8) is 0 Å². The fraction of sp³-hybridized carbons (Fsp3) is 0.278. The molecule has 0 bridgehead atoms. The molecule has 0 saturated heterocycles. The largest absolute Gasteiger partial charge is 0.494 e. The fourth-order valence-corrected chi connectivity index (χ4v) is 3.20. The number of nitrogens with zero attached hydrogens (tertiary/aromatic N) is 1. The molecule has 0 aliphatic heterocycles. The predicted octanol–water partition coefficient (Wildman–Crippen LogP) is 3.78. The summed E-state index contributed by atoms with van der Waals surface area (Å²) in [6.07, 6.45) is 2.22. The lowest BCUT2D eigenvalue weighted by atomic mass is 9.78. The number of halogens is 1. The Morgan fingerprint density at radius 1 is 1.29 bits per heavy atom. The number of ether oxygens (including phenoxy) is 1. The van der Waals surface area contributed by atoms with Crippen molar-refractivity contribution < 1.29 is 9.13 Å². The quantitative estimate of drug-likeness (QED) is 0.857. The van der Waals surface area contributed by atoms with Crippen LogP contribution in [0.5, 0.6) is 5.75 Å². The highest BCUT2D eigenvalue weighted by Crippen LogP contribution is 2.41. The molecule has 3 heteroatoms. The van der Waals surface area contributed by atoms with E-state index in [2.05, 4.69) is 12.1 Å². The topological polar surface area (TPSA) is 33.0 Å². The van der Waals surface area contributed by atoms with Crippen LogP contribution < -0.4 is 4.74 Å². The van der Waals surface area contributed by atoms with Gasteiger partial charge in [0.1, 0.15) is 0 Å². The van der Waals surface area contributed by atoms with Gasteiger partial charge in [0.25, 0.3) is 0 Å². The maximum atomic E-state index is 13.8. The molecule has 3 rings (SSSR count). The molecular formula is C18H16FNO. The molecule has 0 heterocycles. The molecule has 1 aliphatic rings. The minimum atomic E-state index is -0.544. The normalized spacial score (nSPS) is 19.9. The molecule has 1 aliphatic carbocycles. The molecule has 0 saturated carbocycles. The van der Waals surface area contributed by atoms with E-state index < -0.39 is 5.41 Å². The first-order valence-corrected chi connectivity index (χ1v) is 7.00. The Bertz CT molecular complexity index is 719. The maximum absolute atomic E-state index is 13.8. The number of methoxy groups -OCH3 is 1. The molecule has 0 aromatic heterocycles. The van der Waals surface area contributed by atoms with Crippen LogP contribution in [0.2, 0.25) is 0 Å². The molecule has 0 fully saturated rings. The SMILES string of the molecule is COc1ccc(CC2(C#N)CCc3ccccc32)cc1F. The van der Waals surface area contributed by atoms with Gasteiger partial charge in [-0.1, -0.05) is 30.3 Å². The molecule has 0 N–H and O–H groups in total. The molecule has 1 unspecified atom stereocenters. The second kappa shape index (κ2) is 5.21. The van der Waals surface area contributed by atoms with Gasteiger partial charge in [-0.25, -0.2) is 4.39 Å². The number of aryl methyl sites for hydroxylation is 1. The Morgan fingerprint density at radius 2 is 2.10 bits per heavy atom. The van der Waals surface area contributed by atoms with Crippen LogP contribution in [0, 0.1) is 17.1 Å². The molecule has 2 nitrogen and oxygen atoms in total. The van der Waals surface area contributed by atoms with Crippen LogP contribution in [0.3, 0.4) is 0 Å². The standard InChI is InChI=1S/C18H16FNO/c1-21-17-7-6-13(10-16(17)19)11-18(12-20)9-8-14-4-2-3-5-15(14)18/h2-7,10H,8-9,11H2,1H3. The summed E-state index contributed by atoms with van der Waals surface area (Å²) in [7, 11) is 1.45. The van der Waals surface area contributed by atoms with E-state index in [1.807, 2.05) is 24.3 Å². The zero-order valence-electron chi connectivity index (χ0n) is 11.9. The first-order chi connectivity index (χ1) is 10.2. The molecule has 0 amide bonds. The van der Waals surface area contributed by atoms with E-state index in [0.717, 1.165) is 24.0 Å². The van der Waals surface area contributed by atoms with Crippen LogP contribution in [0.15, 0.2) is 42.5 Å². The number of hydrogen-bond donors (Lipinski definition) is 0. The summed E-state index contributed by atoms with van der Waals surface area (Å²) in [5.41, 5.74) is 2.60. The van der Waals surface area contributed by atoms with Crippen LogP contribution in [-0.2, 0) is 18.3 Å². The van der Waals surface area contributed by atoms with Gasteiger partial charge >= 0.3 is 0 Å². The van der Waals surface area contributed by atoms with Crippen LogP contribution in [0.4, 0.5) is 4.39 Å². The fourth-order valence-electron chi connectivity index (χ4n) is 3.20. The van der Waals surface area contributed by atoms with Crippen LogP contribution in [0.25, 0.3) is 0 Å². The highest BCUT2D eigenvalue weighted by Gasteiger charge is 2.38. The monoisotopic (exact) mass is 281 g/mol. The average molecular weight is 281 g/mol. The summed E-state index contributed by atoms with van der Waals surface area (Å²) >= 11 is 0. The third kappa shape index (κ3) is 2.27. The minimum absolute atomic E-state index is 0.233. The summed E-state index contributed by atoms with van der Waals surface area (Å²) < 4.78 is 18.8. The lowest BCUT2D eigenvalue weighted by Crippen LogP contribution is -2.24. The van der Waals surface area contributed by atoms with Crippen LogP contribution in [-0.4, -0.2) is 7.11 Å². The minimum Gasteiger partial charge on any atom is -0.494 e. The second-order valence-corrected chi connectivity index (χ2v) is 5.50. The number of rotatable bonds is 3. The maximum Gasteiger partial charge on any atom is 0.165 e. The summed E-state index contributed by atoms with van der Waals surface area (Å²) in [5.74, 6) is -0.147. The van der Waals surface area contributed by atoms with Gasteiger partial charge < -0.3 is 4.74 Å². The Kier molecular flexibility index (Phi) is 3.39. The zero-order chi connectivity index (χ0) is 14.9. The van der Waals surface area contributed by atoms with E-state index in [0.29, 0.717) is 6.42 Å². The Balaban J connectivity index is 1.97. The van der Waals surface area contributed by atoms with E-state index >= 15 is 0 Å². The Hall–Kier alpha value is -2.34. The van der Waals surface area contributed by atoms with Gasteiger partial charge in [0.2, 0.25) is 0 Å². The smallest absolute Gasteiger partial charge is 0.165 e. The Labute approximate surface area is 123 Å². The van der Waals surface area contributed by atoms with Crippen molar-refractivity contribution in [2.24, 2.45) is 0 Å². The summed E-state index contributed by atoms with van der Waals surface area (Å²) in [4.78, 5) is 0. The van der Waals surface area contributed by atoms with E-state index in [-0.39, 0.29) is 11.6 Å². The summed E-state index contributed by atoms with van der Waals surface area (Å²) in [6, 6.07) is 15.5. The van der Waals surface area contributed by atoms with Gasteiger partial charge in [-0.2, -0.15) is 5.26 Å². The van der Waals surface area contributed by atoms with Crippen molar-refractivity contribution in [2.45, 2.75) is 24.7 Å². The van der Waals surface area contributed by atoms with Gasteiger partial charge in [-0.15, -0.1) is 0 Å². The number of benzene rings is 2. The average Bonchev–Trinajstić information content (AvgIpc) is 2.87. The van der Waals surface area contributed by atoms with Crippen molar-refractivity contribution in [3.8, 4) is 11.8 Å². The van der Waals surface area contributed by atoms with E-state index in [4.69, 9.17) is 4.74 Å². The van der Waals surface area contributed by atoms with Crippen molar-refractivity contribution in [2.75, 3.05) is 7.11 Å². The van der Waals surface area contributed by atoms with Crippen molar-refractivity contribution >= 4 is 0 Å². The first-order valence-electron chi connectivity index (χ1n) is 7.00. The third-order valence-corrected chi connectivity index (χ3v) is 4.29. The molecular weight excluding hydrogens is 265 g/mol. The number of nitriles is 1. The lowest BCUT2D eigenvalue weighted by molar-refractivity contribution is 0.385. The number of fused-ring (bicyclic) bond motifs is 1. The molecule has 0 radical (unpaired) electrons. The van der Waals surface area contributed by atoms with Crippen molar-refractivity contribution in [1.29, 1.82) is 5.26 Å². The highest BCUT2D eigenvalue weighted by atomic mass is 19.1.